The Morgan fingerprint density at radius 2 is 2.13 bits per heavy atom. The summed E-state index contributed by atoms with van der Waals surface area (Å²) in [7, 11) is 0. The molecule has 2 aliphatic rings. The molecular weight excluding hydrogens is 330 g/mol. The van der Waals surface area contributed by atoms with Gasteiger partial charge in [-0.05, 0) is 38.7 Å². The van der Waals surface area contributed by atoms with Gasteiger partial charge in [-0.25, -0.2) is 4.98 Å². The first-order valence-electron chi connectivity index (χ1n) is 7.82. The number of thiazole rings is 1. The van der Waals surface area contributed by atoms with Gasteiger partial charge >= 0.3 is 0 Å². The van der Waals surface area contributed by atoms with Crippen LogP contribution in [0.1, 0.15) is 45.1 Å². The lowest BCUT2D eigenvalue weighted by Crippen LogP contribution is -2.22. The summed E-state index contributed by atoms with van der Waals surface area (Å²) in [5, 5.41) is 4.47. The Morgan fingerprint density at radius 3 is 2.87 bits per heavy atom. The fraction of sp³-hybridized carbons (Fsp3) is 0.438. The van der Waals surface area contributed by atoms with E-state index in [1.165, 1.54) is 22.6 Å². The van der Waals surface area contributed by atoms with Crippen LogP contribution < -0.4 is 10.2 Å². The lowest BCUT2D eigenvalue weighted by atomic mass is 10.2. The van der Waals surface area contributed by atoms with Gasteiger partial charge in [-0.15, -0.1) is 22.7 Å². The normalized spacial score (nSPS) is 16.9. The number of anilines is 2. The van der Waals surface area contributed by atoms with Crippen molar-refractivity contribution in [2.75, 3.05) is 16.8 Å². The maximum absolute atomic E-state index is 12.5. The quantitative estimate of drug-likeness (QED) is 0.926. The number of rotatable bonds is 3. The number of fused-ring (bicyclic) bond motifs is 1. The van der Waals surface area contributed by atoms with E-state index in [1.807, 2.05) is 13.0 Å². The molecule has 4 rings (SSSR count). The zero-order valence-corrected chi connectivity index (χ0v) is 14.5. The summed E-state index contributed by atoms with van der Waals surface area (Å²) in [5.74, 6) is 0.0126. The zero-order chi connectivity index (χ0) is 16.0. The highest BCUT2D eigenvalue weighted by Gasteiger charge is 2.26. The second kappa shape index (κ2) is 5.72. The van der Waals surface area contributed by atoms with E-state index in [4.69, 9.17) is 0 Å². The van der Waals surface area contributed by atoms with Gasteiger partial charge in [0.2, 0.25) is 5.91 Å². The first-order valence-corrected chi connectivity index (χ1v) is 9.46. The van der Waals surface area contributed by atoms with E-state index in [0.29, 0.717) is 17.1 Å². The van der Waals surface area contributed by atoms with Crippen LogP contribution in [-0.2, 0) is 17.6 Å². The number of carbonyl (C=O) groups is 2. The summed E-state index contributed by atoms with van der Waals surface area (Å²) in [5.41, 5.74) is 1.77. The number of hydrogen-bond acceptors (Lipinski definition) is 5. The molecule has 1 fully saturated rings. The Kier molecular flexibility index (Phi) is 3.69. The van der Waals surface area contributed by atoms with Gasteiger partial charge in [-0.3, -0.25) is 14.9 Å². The van der Waals surface area contributed by atoms with Gasteiger partial charge in [0.1, 0.15) is 0 Å². The standard InChI is InChI=1S/C16H17N3O2S2/c1-9-10(8-14(22-9)19-7-3-6-13(19)20)15(21)18-16-17-11-4-2-5-12(11)23-16/h8H,2-7H2,1H3,(H,17,18,21). The average Bonchev–Trinajstić information content (AvgIpc) is 3.22. The van der Waals surface area contributed by atoms with Crippen molar-refractivity contribution in [3.63, 3.8) is 0 Å². The third-order valence-corrected chi connectivity index (χ3v) is 6.45. The van der Waals surface area contributed by atoms with Gasteiger partial charge in [0, 0.05) is 22.7 Å². The molecule has 0 saturated carbocycles. The van der Waals surface area contributed by atoms with Crippen LogP contribution in [0.2, 0.25) is 0 Å². The second-order valence-electron chi connectivity index (χ2n) is 5.90. The summed E-state index contributed by atoms with van der Waals surface area (Å²) in [6.07, 6.45) is 4.74. The van der Waals surface area contributed by atoms with E-state index in [-0.39, 0.29) is 11.8 Å². The molecule has 120 valence electrons. The van der Waals surface area contributed by atoms with Crippen molar-refractivity contribution in [2.45, 2.75) is 39.0 Å². The molecule has 3 heterocycles. The molecule has 0 bridgehead atoms. The first-order chi connectivity index (χ1) is 11.1. The van der Waals surface area contributed by atoms with Crippen molar-refractivity contribution in [3.8, 4) is 0 Å². The highest BCUT2D eigenvalue weighted by molar-refractivity contribution is 7.17. The molecule has 0 atom stereocenters. The molecule has 23 heavy (non-hydrogen) atoms. The molecule has 2 amide bonds. The summed E-state index contributed by atoms with van der Waals surface area (Å²) in [4.78, 5) is 32.9. The van der Waals surface area contributed by atoms with Crippen LogP contribution in [0.3, 0.4) is 0 Å². The predicted octanol–water partition coefficient (Wildman–Crippen LogP) is 3.38. The minimum Gasteiger partial charge on any atom is -0.304 e. The summed E-state index contributed by atoms with van der Waals surface area (Å²) >= 11 is 3.08. The Morgan fingerprint density at radius 1 is 1.26 bits per heavy atom. The number of carbonyl (C=O) groups excluding carboxylic acids is 2. The van der Waals surface area contributed by atoms with Crippen molar-refractivity contribution < 1.29 is 9.59 Å². The summed E-state index contributed by atoms with van der Waals surface area (Å²) in [6.45, 7) is 2.67. The topological polar surface area (TPSA) is 62.3 Å². The van der Waals surface area contributed by atoms with E-state index in [2.05, 4.69) is 10.3 Å². The smallest absolute Gasteiger partial charge is 0.258 e. The van der Waals surface area contributed by atoms with E-state index in [1.54, 1.807) is 16.2 Å². The maximum Gasteiger partial charge on any atom is 0.258 e. The predicted molar refractivity (Wildman–Crippen MR) is 92.7 cm³/mol. The van der Waals surface area contributed by atoms with Crippen LogP contribution in [0.25, 0.3) is 0 Å². The summed E-state index contributed by atoms with van der Waals surface area (Å²) < 4.78 is 0. The van der Waals surface area contributed by atoms with Crippen molar-refractivity contribution in [3.05, 3.63) is 27.1 Å². The van der Waals surface area contributed by atoms with Crippen LogP contribution >= 0.6 is 22.7 Å². The Labute approximate surface area is 142 Å². The number of nitrogens with one attached hydrogen (secondary N) is 1. The highest BCUT2D eigenvalue weighted by atomic mass is 32.1. The van der Waals surface area contributed by atoms with E-state index >= 15 is 0 Å². The maximum atomic E-state index is 12.5. The van der Waals surface area contributed by atoms with Crippen LogP contribution in [0.5, 0.6) is 0 Å². The molecule has 1 saturated heterocycles. The minimum atomic E-state index is -0.135. The molecule has 1 aliphatic heterocycles. The van der Waals surface area contributed by atoms with Crippen molar-refractivity contribution in [2.24, 2.45) is 0 Å². The second-order valence-corrected chi connectivity index (χ2v) is 8.22. The molecule has 1 aliphatic carbocycles. The number of thiophene rings is 1. The van der Waals surface area contributed by atoms with Gasteiger partial charge in [-0.1, -0.05) is 0 Å². The third-order valence-electron chi connectivity index (χ3n) is 4.30. The van der Waals surface area contributed by atoms with Gasteiger partial charge in [-0.2, -0.15) is 0 Å². The van der Waals surface area contributed by atoms with Crippen molar-refractivity contribution in [1.29, 1.82) is 0 Å². The zero-order valence-electron chi connectivity index (χ0n) is 12.8. The molecule has 0 unspecified atom stereocenters. The number of hydrogen-bond donors (Lipinski definition) is 1. The number of aryl methyl sites for hydroxylation is 3. The SMILES string of the molecule is Cc1sc(N2CCCC2=O)cc1C(=O)Nc1nc2c(s1)CCC2. The molecular formula is C16H17N3O2S2. The Hall–Kier alpha value is -1.73. The van der Waals surface area contributed by atoms with Crippen molar-refractivity contribution in [1.82, 2.24) is 4.98 Å². The molecule has 0 radical (unpaired) electrons. The fourth-order valence-electron chi connectivity index (χ4n) is 3.11. The van der Waals surface area contributed by atoms with Gasteiger partial charge in [0.25, 0.3) is 5.91 Å². The molecule has 2 aromatic heterocycles. The van der Waals surface area contributed by atoms with Crippen LogP contribution in [0, 0.1) is 6.92 Å². The van der Waals surface area contributed by atoms with Gasteiger partial charge in [0.15, 0.2) is 5.13 Å². The summed E-state index contributed by atoms with van der Waals surface area (Å²) in [6, 6.07) is 1.83. The van der Waals surface area contributed by atoms with Crippen LogP contribution in [0.15, 0.2) is 6.07 Å². The van der Waals surface area contributed by atoms with E-state index in [0.717, 1.165) is 41.4 Å². The first kappa shape index (κ1) is 14.8. The molecule has 5 nitrogen and oxygen atoms in total. The lowest BCUT2D eigenvalue weighted by Gasteiger charge is -2.11. The third kappa shape index (κ3) is 2.68. The molecule has 7 heteroatoms. The van der Waals surface area contributed by atoms with E-state index in [9.17, 15) is 9.59 Å². The monoisotopic (exact) mass is 347 g/mol. The fourth-order valence-corrected chi connectivity index (χ4v) is 5.21. The van der Waals surface area contributed by atoms with Crippen molar-refractivity contribution >= 4 is 44.6 Å². The molecule has 0 aromatic carbocycles. The number of amides is 2. The van der Waals surface area contributed by atoms with Crippen LogP contribution in [-0.4, -0.2) is 23.3 Å². The van der Waals surface area contributed by atoms with Gasteiger partial charge < -0.3 is 4.90 Å². The average molecular weight is 347 g/mol. The number of aromatic nitrogens is 1. The van der Waals surface area contributed by atoms with Gasteiger partial charge in [0.05, 0.1) is 16.3 Å². The van der Waals surface area contributed by atoms with E-state index < -0.39 is 0 Å². The highest BCUT2D eigenvalue weighted by Crippen LogP contribution is 2.34. The lowest BCUT2D eigenvalue weighted by molar-refractivity contribution is -0.117. The van der Waals surface area contributed by atoms with Crippen LogP contribution in [0.4, 0.5) is 10.1 Å². The molecule has 2 aromatic rings. The largest absolute Gasteiger partial charge is 0.304 e. The Bertz CT molecular complexity index is 772. The number of nitrogens with zero attached hydrogens (tertiary/aromatic N) is 2. The minimum absolute atomic E-state index is 0.135. The molecule has 0 spiro atoms. The molecule has 1 N–H and O–H groups in total. The Balaban J connectivity index is 1.53.